The summed E-state index contributed by atoms with van der Waals surface area (Å²) in [5.41, 5.74) is 0. The molecule has 0 aromatic heterocycles. The molecule has 1 aliphatic rings. The second-order valence-corrected chi connectivity index (χ2v) is 4.55. The van der Waals surface area contributed by atoms with Crippen LogP contribution in [0.3, 0.4) is 0 Å². The summed E-state index contributed by atoms with van der Waals surface area (Å²) in [6, 6.07) is -0.257. The van der Waals surface area contributed by atoms with Crippen LogP contribution >= 0.6 is 0 Å². The molecule has 3 nitrogen and oxygen atoms in total. The molecule has 1 fully saturated rings. The van der Waals surface area contributed by atoms with E-state index in [9.17, 15) is 4.79 Å². The predicted octanol–water partition coefficient (Wildman–Crippen LogP) is 1.83. The van der Waals surface area contributed by atoms with Gasteiger partial charge in [-0.3, -0.25) is 9.69 Å². The predicted molar refractivity (Wildman–Crippen MR) is 56.2 cm³/mol. The van der Waals surface area contributed by atoms with Gasteiger partial charge in [-0.1, -0.05) is 27.2 Å². The average molecular weight is 199 g/mol. The zero-order valence-electron chi connectivity index (χ0n) is 9.36. The van der Waals surface area contributed by atoms with E-state index >= 15 is 0 Å². The molecule has 0 saturated carbocycles. The standard InChI is InChI=1S/C11H21NO2/c1-4-5-10(11(13)14)12-6-8(2)9(3)7-12/h8-10H,4-7H2,1-3H3,(H,13,14). The van der Waals surface area contributed by atoms with Crippen molar-refractivity contribution in [2.24, 2.45) is 11.8 Å². The molecule has 3 atom stereocenters. The molecule has 14 heavy (non-hydrogen) atoms. The van der Waals surface area contributed by atoms with Crippen LogP contribution < -0.4 is 0 Å². The molecular weight excluding hydrogens is 178 g/mol. The lowest BCUT2D eigenvalue weighted by Crippen LogP contribution is -2.39. The largest absolute Gasteiger partial charge is 0.480 e. The first-order valence-electron chi connectivity index (χ1n) is 5.53. The van der Waals surface area contributed by atoms with E-state index in [2.05, 4.69) is 18.7 Å². The highest BCUT2D eigenvalue weighted by Gasteiger charge is 2.33. The molecule has 0 bridgehead atoms. The van der Waals surface area contributed by atoms with Crippen LogP contribution in [0.1, 0.15) is 33.6 Å². The molecule has 1 rings (SSSR count). The van der Waals surface area contributed by atoms with Gasteiger partial charge < -0.3 is 5.11 Å². The first-order valence-corrected chi connectivity index (χ1v) is 5.53. The Balaban J connectivity index is 2.57. The topological polar surface area (TPSA) is 40.5 Å². The average Bonchev–Trinajstić information content (AvgIpc) is 2.42. The number of hydrogen-bond donors (Lipinski definition) is 1. The van der Waals surface area contributed by atoms with E-state index in [0.717, 1.165) is 25.9 Å². The molecule has 0 radical (unpaired) electrons. The molecule has 1 saturated heterocycles. The van der Waals surface area contributed by atoms with E-state index < -0.39 is 5.97 Å². The van der Waals surface area contributed by atoms with Gasteiger partial charge in [0.15, 0.2) is 0 Å². The quantitative estimate of drug-likeness (QED) is 0.751. The van der Waals surface area contributed by atoms with Crippen molar-refractivity contribution >= 4 is 5.97 Å². The highest BCUT2D eigenvalue weighted by atomic mass is 16.4. The molecule has 1 aliphatic heterocycles. The van der Waals surface area contributed by atoms with Gasteiger partial charge in [0.25, 0.3) is 0 Å². The number of nitrogens with zero attached hydrogens (tertiary/aromatic N) is 1. The van der Waals surface area contributed by atoms with Gasteiger partial charge in [0.05, 0.1) is 0 Å². The minimum absolute atomic E-state index is 0.257. The molecule has 3 heteroatoms. The van der Waals surface area contributed by atoms with Gasteiger partial charge in [-0.05, 0) is 18.3 Å². The van der Waals surface area contributed by atoms with E-state index in [1.807, 2.05) is 6.92 Å². The van der Waals surface area contributed by atoms with Gasteiger partial charge in [0.1, 0.15) is 6.04 Å². The summed E-state index contributed by atoms with van der Waals surface area (Å²) in [7, 11) is 0. The minimum Gasteiger partial charge on any atom is -0.480 e. The van der Waals surface area contributed by atoms with E-state index in [1.54, 1.807) is 0 Å². The maximum atomic E-state index is 11.0. The Morgan fingerprint density at radius 2 is 1.93 bits per heavy atom. The molecule has 3 unspecified atom stereocenters. The van der Waals surface area contributed by atoms with Crippen molar-refractivity contribution in [1.82, 2.24) is 4.90 Å². The van der Waals surface area contributed by atoms with Crippen LogP contribution in [0.25, 0.3) is 0 Å². The Morgan fingerprint density at radius 3 is 2.29 bits per heavy atom. The Bertz CT molecular complexity index is 195. The third kappa shape index (κ3) is 2.47. The Labute approximate surface area is 86.1 Å². The van der Waals surface area contributed by atoms with Crippen LogP contribution in [0.15, 0.2) is 0 Å². The molecule has 1 N–H and O–H groups in total. The van der Waals surface area contributed by atoms with E-state index in [0.29, 0.717) is 11.8 Å². The first kappa shape index (κ1) is 11.5. The number of rotatable bonds is 4. The number of carboxylic acid groups (broad SMARTS) is 1. The number of aliphatic carboxylic acids is 1. The Kier molecular flexibility index (Phi) is 3.93. The van der Waals surface area contributed by atoms with Crippen LogP contribution in [0.5, 0.6) is 0 Å². The molecule has 1 heterocycles. The molecule has 0 spiro atoms. The number of carbonyl (C=O) groups is 1. The van der Waals surface area contributed by atoms with Crippen molar-refractivity contribution in [3.05, 3.63) is 0 Å². The molecule has 0 aromatic carbocycles. The SMILES string of the molecule is CCCC(C(=O)O)N1CC(C)C(C)C1. The van der Waals surface area contributed by atoms with Gasteiger partial charge in [-0.2, -0.15) is 0 Å². The summed E-state index contributed by atoms with van der Waals surface area (Å²) in [5.74, 6) is 0.607. The minimum atomic E-state index is -0.659. The van der Waals surface area contributed by atoms with Gasteiger partial charge in [-0.25, -0.2) is 0 Å². The van der Waals surface area contributed by atoms with Crippen LogP contribution in [-0.2, 0) is 4.79 Å². The summed E-state index contributed by atoms with van der Waals surface area (Å²) in [5, 5.41) is 9.10. The summed E-state index contributed by atoms with van der Waals surface area (Å²) >= 11 is 0. The van der Waals surface area contributed by atoms with Crippen LogP contribution in [0.2, 0.25) is 0 Å². The smallest absolute Gasteiger partial charge is 0.320 e. The summed E-state index contributed by atoms with van der Waals surface area (Å²) in [4.78, 5) is 13.2. The zero-order valence-corrected chi connectivity index (χ0v) is 9.36. The monoisotopic (exact) mass is 199 g/mol. The fraction of sp³-hybridized carbons (Fsp3) is 0.909. The van der Waals surface area contributed by atoms with E-state index in [-0.39, 0.29) is 6.04 Å². The zero-order chi connectivity index (χ0) is 10.7. The van der Waals surface area contributed by atoms with Crippen molar-refractivity contribution in [2.45, 2.75) is 39.7 Å². The van der Waals surface area contributed by atoms with Crippen molar-refractivity contribution in [1.29, 1.82) is 0 Å². The van der Waals surface area contributed by atoms with E-state index in [4.69, 9.17) is 5.11 Å². The lowest BCUT2D eigenvalue weighted by atomic mass is 10.0. The fourth-order valence-electron chi connectivity index (χ4n) is 2.16. The second-order valence-electron chi connectivity index (χ2n) is 4.55. The van der Waals surface area contributed by atoms with E-state index in [1.165, 1.54) is 0 Å². The van der Waals surface area contributed by atoms with Crippen molar-refractivity contribution < 1.29 is 9.90 Å². The summed E-state index contributed by atoms with van der Waals surface area (Å²) < 4.78 is 0. The summed E-state index contributed by atoms with van der Waals surface area (Å²) in [6.07, 6.45) is 1.71. The first-order chi connectivity index (χ1) is 6.56. The third-order valence-electron chi connectivity index (χ3n) is 3.30. The molecule has 0 aromatic rings. The summed E-state index contributed by atoms with van der Waals surface area (Å²) in [6.45, 7) is 8.33. The van der Waals surface area contributed by atoms with Crippen molar-refractivity contribution in [3.63, 3.8) is 0 Å². The number of carboxylic acids is 1. The van der Waals surface area contributed by atoms with Crippen LogP contribution in [-0.4, -0.2) is 35.1 Å². The lowest BCUT2D eigenvalue weighted by Gasteiger charge is -2.23. The third-order valence-corrected chi connectivity index (χ3v) is 3.30. The maximum Gasteiger partial charge on any atom is 0.320 e. The Hall–Kier alpha value is -0.570. The fourth-order valence-corrected chi connectivity index (χ4v) is 2.16. The molecule has 82 valence electrons. The molecular formula is C11H21NO2. The van der Waals surface area contributed by atoms with Crippen molar-refractivity contribution in [3.8, 4) is 0 Å². The van der Waals surface area contributed by atoms with Crippen LogP contribution in [0, 0.1) is 11.8 Å². The molecule has 0 amide bonds. The van der Waals surface area contributed by atoms with Crippen LogP contribution in [0.4, 0.5) is 0 Å². The van der Waals surface area contributed by atoms with Gasteiger partial charge in [0.2, 0.25) is 0 Å². The highest BCUT2D eigenvalue weighted by Crippen LogP contribution is 2.25. The number of likely N-dealkylation sites (tertiary alicyclic amines) is 1. The van der Waals surface area contributed by atoms with Gasteiger partial charge in [0, 0.05) is 13.1 Å². The molecule has 0 aliphatic carbocycles. The van der Waals surface area contributed by atoms with Crippen molar-refractivity contribution in [2.75, 3.05) is 13.1 Å². The van der Waals surface area contributed by atoms with Gasteiger partial charge >= 0.3 is 5.97 Å². The second kappa shape index (κ2) is 4.78. The highest BCUT2D eigenvalue weighted by molar-refractivity contribution is 5.73. The normalized spacial score (nSPS) is 30.5. The lowest BCUT2D eigenvalue weighted by molar-refractivity contribution is -0.143. The number of hydrogen-bond acceptors (Lipinski definition) is 2. The van der Waals surface area contributed by atoms with Gasteiger partial charge in [-0.15, -0.1) is 0 Å². The Morgan fingerprint density at radius 1 is 1.43 bits per heavy atom. The maximum absolute atomic E-state index is 11.0.